The van der Waals surface area contributed by atoms with Gasteiger partial charge in [0.1, 0.15) is 3.57 Å². The molecule has 0 saturated carbocycles. The summed E-state index contributed by atoms with van der Waals surface area (Å²) in [4.78, 5) is 17.9. The van der Waals surface area contributed by atoms with Gasteiger partial charge in [0.25, 0.3) is 5.56 Å². The van der Waals surface area contributed by atoms with E-state index in [0.717, 1.165) is 12.2 Å². The van der Waals surface area contributed by atoms with Crippen LogP contribution in [0.3, 0.4) is 0 Å². The minimum absolute atomic E-state index is 0.152. The minimum Gasteiger partial charge on any atom is -0.337 e. The zero-order valence-corrected chi connectivity index (χ0v) is 10.7. The van der Waals surface area contributed by atoms with Gasteiger partial charge in [0.05, 0.1) is 18.2 Å². The van der Waals surface area contributed by atoms with Crippen molar-refractivity contribution in [1.82, 2.24) is 19.7 Å². The minimum atomic E-state index is -0.152. The Kier molecular flexibility index (Phi) is 3.22. The molecular weight excluding hydrogens is 321 g/mol. The van der Waals surface area contributed by atoms with Crippen LogP contribution >= 0.6 is 22.6 Å². The van der Waals surface area contributed by atoms with Crippen molar-refractivity contribution in [2.75, 3.05) is 5.32 Å². The Labute approximate surface area is 105 Å². The van der Waals surface area contributed by atoms with Gasteiger partial charge >= 0.3 is 0 Å². The van der Waals surface area contributed by atoms with Crippen LogP contribution in [-0.4, -0.2) is 19.7 Å². The Morgan fingerprint density at radius 1 is 1.62 bits per heavy atom. The number of hydrogen-bond donors (Lipinski definition) is 2. The van der Waals surface area contributed by atoms with Crippen LogP contribution in [0.25, 0.3) is 0 Å². The predicted octanol–water partition coefficient (Wildman–Crippen LogP) is 1.33. The highest BCUT2D eigenvalue weighted by Crippen LogP contribution is 2.15. The molecule has 84 valence electrons. The SMILES string of the molecule is CCn1cc(Nc2nc[nH]c(=O)c2I)cn1. The van der Waals surface area contributed by atoms with Gasteiger partial charge in [-0.1, -0.05) is 0 Å². The van der Waals surface area contributed by atoms with E-state index in [9.17, 15) is 4.79 Å². The maximum Gasteiger partial charge on any atom is 0.266 e. The summed E-state index contributed by atoms with van der Waals surface area (Å²) in [7, 11) is 0. The fraction of sp³-hybridized carbons (Fsp3) is 0.222. The number of rotatable bonds is 3. The summed E-state index contributed by atoms with van der Waals surface area (Å²) < 4.78 is 2.33. The molecular formula is C9H10IN5O. The van der Waals surface area contributed by atoms with Crippen LogP contribution < -0.4 is 10.9 Å². The lowest BCUT2D eigenvalue weighted by Crippen LogP contribution is -2.12. The Balaban J connectivity index is 2.27. The molecule has 0 aliphatic heterocycles. The van der Waals surface area contributed by atoms with E-state index >= 15 is 0 Å². The van der Waals surface area contributed by atoms with Crippen LogP contribution in [0.5, 0.6) is 0 Å². The second-order valence-corrected chi connectivity index (χ2v) is 4.18. The van der Waals surface area contributed by atoms with Gasteiger partial charge in [0.2, 0.25) is 0 Å². The highest BCUT2D eigenvalue weighted by molar-refractivity contribution is 14.1. The fourth-order valence-corrected chi connectivity index (χ4v) is 1.64. The fourth-order valence-electron chi connectivity index (χ4n) is 1.21. The summed E-state index contributed by atoms with van der Waals surface area (Å²) in [6.45, 7) is 2.81. The largest absolute Gasteiger partial charge is 0.337 e. The molecule has 0 fully saturated rings. The number of halogens is 1. The van der Waals surface area contributed by atoms with Gasteiger partial charge in [0.15, 0.2) is 5.82 Å². The quantitative estimate of drug-likeness (QED) is 0.832. The van der Waals surface area contributed by atoms with Gasteiger partial charge in [-0.05, 0) is 29.5 Å². The Bertz CT molecular complexity index is 547. The average molecular weight is 331 g/mol. The molecule has 2 aromatic rings. The Hall–Kier alpha value is -1.38. The van der Waals surface area contributed by atoms with Gasteiger partial charge in [0, 0.05) is 12.7 Å². The number of aryl methyl sites for hydroxylation is 1. The summed E-state index contributed by atoms with van der Waals surface area (Å²) in [5.41, 5.74) is 0.666. The van der Waals surface area contributed by atoms with Gasteiger partial charge in [-0.15, -0.1) is 0 Å². The molecule has 0 bridgehead atoms. The average Bonchev–Trinajstić information content (AvgIpc) is 2.73. The van der Waals surface area contributed by atoms with Crippen molar-refractivity contribution in [2.45, 2.75) is 13.5 Å². The molecule has 0 aromatic carbocycles. The van der Waals surface area contributed by atoms with E-state index in [-0.39, 0.29) is 5.56 Å². The highest BCUT2D eigenvalue weighted by Gasteiger charge is 2.06. The third kappa shape index (κ3) is 2.23. The molecule has 6 nitrogen and oxygen atoms in total. The summed E-state index contributed by atoms with van der Waals surface area (Å²) in [5, 5.41) is 7.17. The van der Waals surface area contributed by atoms with Crippen molar-refractivity contribution in [1.29, 1.82) is 0 Å². The molecule has 2 aromatic heterocycles. The van der Waals surface area contributed by atoms with E-state index in [1.165, 1.54) is 6.33 Å². The van der Waals surface area contributed by atoms with Gasteiger partial charge in [-0.2, -0.15) is 5.10 Å². The topological polar surface area (TPSA) is 75.6 Å². The Morgan fingerprint density at radius 2 is 2.44 bits per heavy atom. The zero-order chi connectivity index (χ0) is 11.5. The number of anilines is 2. The predicted molar refractivity (Wildman–Crippen MR) is 68.8 cm³/mol. The molecule has 0 aliphatic carbocycles. The summed E-state index contributed by atoms with van der Waals surface area (Å²) in [6, 6.07) is 0. The van der Waals surface area contributed by atoms with E-state index in [4.69, 9.17) is 0 Å². The second-order valence-electron chi connectivity index (χ2n) is 3.10. The van der Waals surface area contributed by atoms with Crippen molar-refractivity contribution < 1.29 is 0 Å². The van der Waals surface area contributed by atoms with Crippen molar-refractivity contribution in [3.63, 3.8) is 0 Å². The van der Waals surface area contributed by atoms with Crippen LogP contribution in [0.4, 0.5) is 11.5 Å². The second kappa shape index (κ2) is 4.64. The third-order valence-corrected chi connectivity index (χ3v) is 3.02. The number of nitrogens with one attached hydrogen (secondary N) is 2. The molecule has 0 spiro atoms. The van der Waals surface area contributed by atoms with Crippen molar-refractivity contribution in [2.24, 2.45) is 0 Å². The summed E-state index contributed by atoms with van der Waals surface area (Å²) in [6.07, 6.45) is 4.93. The Morgan fingerprint density at radius 3 is 3.12 bits per heavy atom. The van der Waals surface area contributed by atoms with Gasteiger partial charge in [-0.25, -0.2) is 4.98 Å². The first-order valence-corrected chi connectivity index (χ1v) is 5.81. The van der Waals surface area contributed by atoms with E-state index in [1.807, 2.05) is 35.7 Å². The monoisotopic (exact) mass is 331 g/mol. The molecule has 0 unspecified atom stereocenters. The molecule has 2 rings (SSSR count). The summed E-state index contributed by atoms with van der Waals surface area (Å²) >= 11 is 1.95. The maximum absolute atomic E-state index is 11.3. The van der Waals surface area contributed by atoms with Crippen LogP contribution in [0, 0.1) is 3.57 Å². The number of aromatic amines is 1. The number of nitrogens with zero attached hydrogens (tertiary/aromatic N) is 3. The lowest BCUT2D eigenvalue weighted by Gasteiger charge is -2.02. The summed E-state index contributed by atoms with van der Waals surface area (Å²) in [5.74, 6) is 0.542. The molecule has 16 heavy (non-hydrogen) atoms. The van der Waals surface area contributed by atoms with Gasteiger partial charge < -0.3 is 10.3 Å². The van der Waals surface area contributed by atoms with Crippen LogP contribution in [0.15, 0.2) is 23.5 Å². The third-order valence-electron chi connectivity index (χ3n) is 2.02. The number of hydrogen-bond acceptors (Lipinski definition) is 4. The molecule has 0 aliphatic rings. The molecule has 2 heterocycles. The molecule has 2 N–H and O–H groups in total. The maximum atomic E-state index is 11.3. The van der Waals surface area contributed by atoms with Gasteiger partial charge in [-0.3, -0.25) is 9.48 Å². The smallest absolute Gasteiger partial charge is 0.266 e. The van der Waals surface area contributed by atoms with E-state index in [1.54, 1.807) is 10.9 Å². The van der Waals surface area contributed by atoms with E-state index in [0.29, 0.717) is 9.39 Å². The first-order valence-electron chi connectivity index (χ1n) is 4.73. The molecule has 0 radical (unpaired) electrons. The lowest BCUT2D eigenvalue weighted by atomic mass is 10.5. The standard InChI is InChI=1S/C9H10IN5O/c1-2-15-4-6(3-13-15)14-8-7(10)9(16)12-5-11-8/h3-5H,2H2,1H3,(H2,11,12,14,16). The lowest BCUT2D eigenvalue weighted by molar-refractivity contribution is 0.660. The van der Waals surface area contributed by atoms with Crippen LogP contribution in [0.1, 0.15) is 6.92 Å². The number of H-pyrrole nitrogens is 1. The van der Waals surface area contributed by atoms with E-state index < -0.39 is 0 Å². The molecule has 0 saturated heterocycles. The van der Waals surface area contributed by atoms with Crippen LogP contribution in [-0.2, 0) is 6.54 Å². The first kappa shape index (κ1) is 11.1. The highest BCUT2D eigenvalue weighted by atomic mass is 127. The number of aromatic nitrogens is 4. The molecule has 0 atom stereocenters. The van der Waals surface area contributed by atoms with Crippen molar-refractivity contribution in [3.05, 3.63) is 32.6 Å². The normalized spacial score (nSPS) is 10.4. The van der Waals surface area contributed by atoms with Crippen molar-refractivity contribution in [3.8, 4) is 0 Å². The first-order chi connectivity index (χ1) is 7.70. The van der Waals surface area contributed by atoms with E-state index in [2.05, 4.69) is 20.4 Å². The zero-order valence-electron chi connectivity index (χ0n) is 8.57. The molecule has 0 amide bonds. The van der Waals surface area contributed by atoms with Crippen molar-refractivity contribution >= 4 is 34.1 Å². The molecule has 7 heteroatoms. The van der Waals surface area contributed by atoms with Crippen LogP contribution in [0.2, 0.25) is 0 Å².